The molecule has 1 fully saturated rings. The monoisotopic (exact) mass is 492 g/mol. The van der Waals surface area contributed by atoms with Gasteiger partial charge in [0.05, 0.1) is 17.4 Å². The standard InChI is InChI=1S/C32H36N4O/c1-3-23-7-4-10-27(16-23)32(34-21-24-13-14-24)28-11-5-8-25(17-28)19-31(37)30-15-22(2)35-36(30)29-12-6-9-26(18-29)20-33/h4-12,15-18,24,32,34H,3,13-14,19-21,33H2,1-2H3. The number of ketones is 1. The Morgan fingerprint density at radius 3 is 2.35 bits per heavy atom. The highest BCUT2D eigenvalue weighted by molar-refractivity contribution is 5.96. The zero-order valence-electron chi connectivity index (χ0n) is 21.8. The summed E-state index contributed by atoms with van der Waals surface area (Å²) in [4.78, 5) is 13.5. The average molecular weight is 493 g/mol. The summed E-state index contributed by atoms with van der Waals surface area (Å²) in [6.07, 6.45) is 3.95. The number of Topliss-reactive ketones (excluding diaryl/α,β-unsaturated/α-hetero) is 1. The number of carbonyl (C=O) groups excluding carboxylic acids is 1. The van der Waals surface area contributed by atoms with E-state index in [0.717, 1.165) is 41.4 Å². The molecular weight excluding hydrogens is 456 g/mol. The Kier molecular flexibility index (Phi) is 7.63. The number of nitrogens with zero attached hydrogens (tertiary/aromatic N) is 2. The van der Waals surface area contributed by atoms with Crippen molar-refractivity contribution in [1.82, 2.24) is 15.1 Å². The summed E-state index contributed by atoms with van der Waals surface area (Å²) in [5, 5.41) is 8.43. The van der Waals surface area contributed by atoms with Crippen LogP contribution in [0.4, 0.5) is 0 Å². The normalized spacial score (nSPS) is 14.0. The van der Waals surface area contributed by atoms with E-state index in [2.05, 4.69) is 59.8 Å². The number of carbonyl (C=O) groups is 1. The summed E-state index contributed by atoms with van der Waals surface area (Å²) >= 11 is 0. The second-order valence-electron chi connectivity index (χ2n) is 10.2. The maximum absolute atomic E-state index is 13.5. The van der Waals surface area contributed by atoms with Crippen molar-refractivity contribution in [2.45, 2.75) is 52.1 Å². The molecule has 0 saturated heterocycles. The summed E-state index contributed by atoms with van der Waals surface area (Å²) in [5.74, 6) is 0.828. The molecule has 1 heterocycles. The van der Waals surface area contributed by atoms with Crippen LogP contribution in [0.25, 0.3) is 5.69 Å². The largest absolute Gasteiger partial charge is 0.326 e. The Hall–Kier alpha value is -3.54. The van der Waals surface area contributed by atoms with E-state index in [1.165, 1.54) is 29.5 Å². The van der Waals surface area contributed by atoms with E-state index in [1.54, 1.807) is 4.68 Å². The fraction of sp³-hybridized carbons (Fsp3) is 0.312. The molecule has 0 amide bonds. The minimum absolute atomic E-state index is 0.0476. The van der Waals surface area contributed by atoms with Gasteiger partial charge in [0.25, 0.3) is 0 Å². The van der Waals surface area contributed by atoms with Gasteiger partial charge < -0.3 is 11.1 Å². The van der Waals surface area contributed by atoms with E-state index >= 15 is 0 Å². The molecule has 37 heavy (non-hydrogen) atoms. The van der Waals surface area contributed by atoms with Crippen LogP contribution in [-0.4, -0.2) is 22.1 Å². The second kappa shape index (κ2) is 11.2. The first-order valence-corrected chi connectivity index (χ1v) is 13.3. The highest BCUT2D eigenvalue weighted by Gasteiger charge is 2.24. The number of hydrogen-bond donors (Lipinski definition) is 2. The lowest BCUT2D eigenvalue weighted by atomic mass is 9.94. The van der Waals surface area contributed by atoms with Crippen molar-refractivity contribution in [3.63, 3.8) is 0 Å². The van der Waals surface area contributed by atoms with E-state index in [9.17, 15) is 4.79 Å². The van der Waals surface area contributed by atoms with Crippen molar-refractivity contribution in [2.24, 2.45) is 11.7 Å². The summed E-state index contributed by atoms with van der Waals surface area (Å²) in [7, 11) is 0. The molecule has 3 N–H and O–H groups in total. The first-order valence-electron chi connectivity index (χ1n) is 13.3. The third-order valence-electron chi connectivity index (χ3n) is 7.16. The zero-order valence-corrected chi connectivity index (χ0v) is 21.8. The van der Waals surface area contributed by atoms with Gasteiger partial charge >= 0.3 is 0 Å². The van der Waals surface area contributed by atoms with Crippen LogP contribution in [0.15, 0.2) is 78.9 Å². The number of benzene rings is 3. The van der Waals surface area contributed by atoms with Gasteiger partial charge in [0.1, 0.15) is 5.69 Å². The van der Waals surface area contributed by atoms with Crippen LogP contribution in [0.2, 0.25) is 0 Å². The molecule has 0 bridgehead atoms. The van der Waals surface area contributed by atoms with Gasteiger partial charge in [0.2, 0.25) is 0 Å². The number of hydrogen-bond acceptors (Lipinski definition) is 4. The Morgan fingerprint density at radius 1 is 0.973 bits per heavy atom. The van der Waals surface area contributed by atoms with Crippen molar-refractivity contribution in [2.75, 3.05) is 6.54 Å². The van der Waals surface area contributed by atoms with Crippen molar-refractivity contribution in [3.05, 3.63) is 118 Å². The van der Waals surface area contributed by atoms with E-state index in [4.69, 9.17) is 5.73 Å². The average Bonchev–Trinajstić information content (AvgIpc) is 3.67. The van der Waals surface area contributed by atoms with Crippen LogP contribution in [-0.2, 0) is 19.4 Å². The number of nitrogens with two attached hydrogens (primary N) is 1. The summed E-state index contributed by atoms with van der Waals surface area (Å²) < 4.78 is 1.75. The number of rotatable bonds is 11. The first kappa shape index (κ1) is 25.1. The lowest BCUT2D eigenvalue weighted by Crippen LogP contribution is -2.25. The minimum Gasteiger partial charge on any atom is -0.326 e. The van der Waals surface area contributed by atoms with Crippen LogP contribution in [0.5, 0.6) is 0 Å². The van der Waals surface area contributed by atoms with E-state index in [0.29, 0.717) is 18.7 Å². The highest BCUT2D eigenvalue weighted by atomic mass is 16.1. The Labute approximate surface area is 219 Å². The molecule has 190 valence electrons. The van der Waals surface area contributed by atoms with E-state index in [1.807, 2.05) is 43.3 Å². The molecule has 1 saturated carbocycles. The van der Waals surface area contributed by atoms with Crippen LogP contribution < -0.4 is 11.1 Å². The van der Waals surface area contributed by atoms with Gasteiger partial charge in [0, 0.05) is 13.0 Å². The Morgan fingerprint density at radius 2 is 1.65 bits per heavy atom. The molecule has 3 aromatic carbocycles. The molecule has 0 radical (unpaired) electrons. The van der Waals surface area contributed by atoms with Gasteiger partial charge in [-0.3, -0.25) is 4.79 Å². The molecule has 5 heteroatoms. The molecule has 1 aromatic heterocycles. The predicted octanol–water partition coefficient (Wildman–Crippen LogP) is 5.72. The molecule has 1 aliphatic rings. The molecule has 0 aliphatic heterocycles. The molecule has 5 rings (SSSR count). The molecule has 1 unspecified atom stereocenters. The molecule has 4 aromatic rings. The van der Waals surface area contributed by atoms with Crippen molar-refractivity contribution in [3.8, 4) is 5.69 Å². The molecule has 5 nitrogen and oxygen atoms in total. The molecule has 1 atom stereocenters. The Balaban J connectivity index is 1.41. The maximum Gasteiger partial charge on any atom is 0.185 e. The lowest BCUT2D eigenvalue weighted by molar-refractivity contribution is 0.0985. The maximum atomic E-state index is 13.5. The fourth-order valence-electron chi connectivity index (χ4n) is 4.90. The van der Waals surface area contributed by atoms with Gasteiger partial charge in [-0.25, -0.2) is 4.68 Å². The smallest absolute Gasteiger partial charge is 0.185 e. The van der Waals surface area contributed by atoms with Crippen LogP contribution in [0, 0.1) is 12.8 Å². The summed E-state index contributed by atoms with van der Waals surface area (Å²) in [5.41, 5.74) is 13.9. The second-order valence-corrected chi connectivity index (χ2v) is 10.2. The number of aryl methyl sites for hydroxylation is 2. The third kappa shape index (κ3) is 6.07. The molecule has 1 aliphatic carbocycles. The van der Waals surface area contributed by atoms with Crippen molar-refractivity contribution >= 4 is 5.78 Å². The number of nitrogens with one attached hydrogen (secondary N) is 1. The molecular formula is C32H36N4O. The Bertz CT molecular complexity index is 1390. The third-order valence-corrected chi connectivity index (χ3v) is 7.16. The predicted molar refractivity (Wildman–Crippen MR) is 149 cm³/mol. The van der Waals surface area contributed by atoms with Crippen LogP contribution >= 0.6 is 0 Å². The van der Waals surface area contributed by atoms with Crippen molar-refractivity contribution in [1.29, 1.82) is 0 Å². The van der Waals surface area contributed by atoms with Gasteiger partial charge in [0.15, 0.2) is 5.78 Å². The molecule has 0 spiro atoms. The van der Waals surface area contributed by atoms with Gasteiger partial charge in [-0.15, -0.1) is 0 Å². The van der Waals surface area contributed by atoms with Crippen LogP contribution in [0.3, 0.4) is 0 Å². The minimum atomic E-state index is 0.0476. The number of aromatic nitrogens is 2. The zero-order chi connectivity index (χ0) is 25.8. The van der Waals surface area contributed by atoms with Gasteiger partial charge in [-0.05, 0) is 84.7 Å². The van der Waals surface area contributed by atoms with Crippen LogP contribution in [0.1, 0.15) is 69.8 Å². The lowest BCUT2D eigenvalue weighted by Gasteiger charge is -2.21. The topological polar surface area (TPSA) is 72.9 Å². The summed E-state index contributed by atoms with van der Waals surface area (Å²) in [6, 6.07) is 27.2. The van der Waals surface area contributed by atoms with Crippen molar-refractivity contribution < 1.29 is 4.79 Å². The quantitative estimate of drug-likeness (QED) is 0.263. The first-order chi connectivity index (χ1) is 18.0. The highest BCUT2D eigenvalue weighted by Crippen LogP contribution is 2.31. The fourth-order valence-corrected chi connectivity index (χ4v) is 4.90. The van der Waals surface area contributed by atoms with E-state index < -0.39 is 0 Å². The summed E-state index contributed by atoms with van der Waals surface area (Å²) in [6.45, 7) is 5.57. The van der Waals surface area contributed by atoms with Gasteiger partial charge in [-0.2, -0.15) is 5.10 Å². The van der Waals surface area contributed by atoms with Gasteiger partial charge in [-0.1, -0.05) is 67.6 Å². The van der Waals surface area contributed by atoms with E-state index in [-0.39, 0.29) is 11.8 Å². The SMILES string of the molecule is CCc1cccc(C(NCC2CC2)c2cccc(CC(=O)c3cc(C)nn3-c3cccc(CN)c3)c2)c1.